The van der Waals surface area contributed by atoms with Gasteiger partial charge in [0.05, 0.1) is 7.11 Å². The molecule has 0 unspecified atom stereocenters. The Bertz CT molecular complexity index is 392. The molecule has 0 saturated heterocycles. The SMILES string of the molecule is COC(=O)/C=C(/C(=[N+]=[N-])C(C)=O)C(F)(F)F. The second-order valence-electron chi connectivity index (χ2n) is 2.58. The Morgan fingerprint density at radius 1 is 1.38 bits per heavy atom. The van der Waals surface area contributed by atoms with Crippen LogP contribution in [0.5, 0.6) is 0 Å². The van der Waals surface area contributed by atoms with E-state index >= 15 is 0 Å². The monoisotopic (exact) mass is 236 g/mol. The van der Waals surface area contributed by atoms with Gasteiger partial charge in [-0.15, -0.1) is 0 Å². The Hall–Kier alpha value is -1.95. The van der Waals surface area contributed by atoms with E-state index in [0.29, 0.717) is 0 Å². The number of hydrogen-bond acceptors (Lipinski definition) is 3. The summed E-state index contributed by atoms with van der Waals surface area (Å²) in [5, 5.41) is 0. The van der Waals surface area contributed by atoms with Gasteiger partial charge in [-0.25, -0.2) is 4.79 Å². The minimum absolute atomic E-state index is 0.0381. The first-order valence-corrected chi connectivity index (χ1v) is 3.84. The number of nitrogens with zero attached hydrogens (tertiary/aromatic N) is 2. The highest BCUT2D eigenvalue weighted by Gasteiger charge is 2.44. The maximum atomic E-state index is 12.4. The van der Waals surface area contributed by atoms with Gasteiger partial charge in [-0.2, -0.15) is 18.0 Å². The Kier molecular flexibility index (Phi) is 4.59. The number of esters is 1. The molecule has 88 valence electrons. The van der Waals surface area contributed by atoms with Crippen molar-refractivity contribution in [2.24, 2.45) is 0 Å². The van der Waals surface area contributed by atoms with Gasteiger partial charge < -0.3 is 10.3 Å². The van der Waals surface area contributed by atoms with Gasteiger partial charge in [0.2, 0.25) is 5.78 Å². The first kappa shape index (κ1) is 14.1. The molecule has 5 nitrogen and oxygen atoms in total. The van der Waals surface area contributed by atoms with Gasteiger partial charge in [-0.3, -0.25) is 4.79 Å². The third-order valence-corrected chi connectivity index (χ3v) is 1.46. The molecule has 0 aliphatic rings. The van der Waals surface area contributed by atoms with Crippen molar-refractivity contribution in [3.05, 3.63) is 17.2 Å². The van der Waals surface area contributed by atoms with Crippen molar-refractivity contribution < 1.29 is 32.3 Å². The van der Waals surface area contributed by atoms with E-state index in [1.54, 1.807) is 0 Å². The number of ketones is 1. The van der Waals surface area contributed by atoms with Crippen LogP contribution in [0, 0.1) is 0 Å². The van der Waals surface area contributed by atoms with Gasteiger partial charge in [-0.05, 0) is 0 Å². The fourth-order valence-electron chi connectivity index (χ4n) is 0.775. The molecule has 0 radical (unpaired) electrons. The number of halogens is 3. The minimum atomic E-state index is -5.00. The summed E-state index contributed by atoms with van der Waals surface area (Å²) < 4.78 is 41.2. The lowest BCUT2D eigenvalue weighted by atomic mass is 10.1. The van der Waals surface area contributed by atoms with Crippen LogP contribution in [0.4, 0.5) is 13.2 Å². The summed E-state index contributed by atoms with van der Waals surface area (Å²) in [6.45, 7) is 0.770. The van der Waals surface area contributed by atoms with Crippen molar-refractivity contribution >= 4 is 17.5 Å². The van der Waals surface area contributed by atoms with Crippen molar-refractivity contribution in [2.45, 2.75) is 13.1 Å². The normalized spacial score (nSPS) is 11.7. The number of ether oxygens (including phenoxy) is 1. The number of hydrogen-bond donors (Lipinski definition) is 0. The predicted molar refractivity (Wildman–Crippen MR) is 45.5 cm³/mol. The van der Waals surface area contributed by atoms with Gasteiger partial charge in [0.1, 0.15) is 0 Å². The van der Waals surface area contributed by atoms with Crippen LogP contribution < -0.4 is 0 Å². The van der Waals surface area contributed by atoms with Crippen LogP contribution in [0.25, 0.3) is 5.53 Å². The molecule has 0 fully saturated rings. The quantitative estimate of drug-likeness (QED) is 0.240. The molecule has 0 aromatic carbocycles. The number of carbonyl (C=O) groups is 2. The van der Waals surface area contributed by atoms with Crippen LogP contribution in [0.3, 0.4) is 0 Å². The van der Waals surface area contributed by atoms with Crippen molar-refractivity contribution in [1.29, 1.82) is 0 Å². The van der Waals surface area contributed by atoms with Gasteiger partial charge >= 0.3 is 17.9 Å². The molecule has 8 heteroatoms. The Labute approximate surface area is 88.1 Å². The molecular formula is C8H7F3N2O3. The van der Waals surface area contributed by atoms with Crippen LogP contribution in [0.15, 0.2) is 11.6 Å². The molecule has 0 aliphatic heterocycles. The first-order valence-electron chi connectivity index (χ1n) is 3.84. The van der Waals surface area contributed by atoms with E-state index in [4.69, 9.17) is 5.53 Å². The lowest BCUT2D eigenvalue weighted by molar-refractivity contribution is -0.136. The summed E-state index contributed by atoms with van der Waals surface area (Å²) >= 11 is 0. The van der Waals surface area contributed by atoms with Crippen molar-refractivity contribution in [1.82, 2.24) is 0 Å². The molecule has 0 aliphatic carbocycles. The Morgan fingerprint density at radius 2 is 1.88 bits per heavy atom. The number of carbonyl (C=O) groups excluding carboxylic acids is 2. The average molecular weight is 236 g/mol. The predicted octanol–water partition coefficient (Wildman–Crippen LogP) is 0.908. The third-order valence-electron chi connectivity index (χ3n) is 1.46. The number of methoxy groups -OCH3 is 1. The van der Waals surface area contributed by atoms with Crippen LogP contribution in [0.2, 0.25) is 0 Å². The number of allylic oxidation sites excluding steroid dienone is 1. The molecule has 0 saturated carbocycles. The van der Waals surface area contributed by atoms with Gasteiger partial charge in [0.25, 0.3) is 0 Å². The van der Waals surface area contributed by atoms with Crippen molar-refractivity contribution in [3.8, 4) is 0 Å². The minimum Gasteiger partial charge on any atom is -0.466 e. The molecule has 0 atom stereocenters. The van der Waals surface area contributed by atoms with Crippen LogP contribution >= 0.6 is 0 Å². The van der Waals surface area contributed by atoms with E-state index in [1.807, 2.05) is 0 Å². The number of rotatable bonds is 3. The molecule has 0 heterocycles. The van der Waals surface area contributed by atoms with E-state index in [2.05, 4.69) is 9.53 Å². The lowest BCUT2D eigenvalue weighted by Crippen LogP contribution is -2.27. The first-order chi connectivity index (χ1) is 7.23. The van der Waals surface area contributed by atoms with E-state index in [9.17, 15) is 22.8 Å². The molecular weight excluding hydrogens is 229 g/mol. The summed E-state index contributed by atoms with van der Waals surface area (Å²) in [6, 6.07) is 0. The van der Waals surface area contributed by atoms with E-state index < -0.39 is 29.2 Å². The number of Topliss-reactive ketones (excluding diaryl/α,β-unsaturated/α-hetero) is 1. The lowest BCUT2D eigenvalue weighted by Gasteiger charge is -2.05. The standard InChI is InChI=1S/C8H7F3N2O3/c1-4(14)7(13-12)5(8(9,10)11)3-6(15)16-2/h3H,1-2H3/b5-3-. The van der Waals surface area contributed by atoms with Crippen LogP contribution in [-0.2, 0) is 14.3 Å². The zero-order valence-corrected chi connectivity index (χ0v) is 8.33. The Morgan fingerprint density at radius 3 is 2.12 bits per heavy atom. The maximum Gasteiger partial charge on any atom is 0.424 e. The molecule has 0 bridgehead atoms. The summed E-state index contributed by atoms with van der Waals surface area (Å²) in [6.07, 6.45) is -4.96. The Balaban J connectivity index is 5.62. The molecule has 0 N–H and O–H groups in total. The fraction of sp³-hybridized carbons (Fsp3) is 0.375. The summed E-state index contributed by atoms with van der Waals surface area (Å²) in [5.74, 6) is -2.44. The second kappa shape index (κ2) is 5.22. The van der Waals surface area contributed by atoms with Crippen molar-refractivity contribution in [2.75, 3.05) is 7.11 Å². The fourth-order valence-corrected chi connectivity index (χ4v) is 0.775. The topological polar surface area (TPSA) is 79.8 Å². The zero-order valence-electron chi connectivity index (χ0n) is 8.33. The van der Waals surface area contributed by atoms with Gasteiger partial charge in [0.15, 0.2) is 5.57 Å². The maximum absolute atomic E-state index is 12.4. The van der Waals surface area contributed by atoms with Crippen LogP contribution in [-0.4, -0.2) is 35.5 Å². The largest absolute Gasteiger partial charge is 0.466 e. The molecule has 16 heavy (non-hydrogen) atoms. The highest BCUT2D eigenvalue weighted by atomic mass is 19.4. The molecule has 0 aromatic rings. The summed E-state index contributed by atoms with van der Waals surface area (Å²) in [4.78, 5) is 23.6. The molecule has 0 amide bonds. The average Bonchev–Trinajstić information content (AvgIpc) is 2.15. The third kappa shape index (κ3) is 3.66. The second-order valence-corrected chi connectivity index (χ2v) is 2.58. The summed E-state index contributed by atoms with van der Waals surface area (Å²) in [5.41, 5.74) is 5.38. The van der Waals surface area contributed by atoms with Gasteiger partial charge in [0, 0.05) is 13.0 Å². The summed E-state index contributed by atoms with van der Waals surface area (Å²) in [7, 11) is 0.871. The smallest absolute Gasteiger partial charge is 0.424 e. The van der Waals surface area contributed by atoms with E-state index in [1.165, 1.54) is 0 Å². The van der Waals surface area contributed by atoms with E-state index in [0.717, 1.165) is 14.0 Å². The highest BCUT2D eigenvalue weighted by Crippen LogP contribution is 2.26. The zero-order chi connectivity index (χ0) is 12.9. The van der Waals surface area contributed by atoms with Crippen LogP contribution in [0.1, 0.15) is 6.92 Å². The molecule has 0 aromatic heterocycles. The van der Waals surface area contributed by atoms with Gasteiger partial charge in [-0.1, -0.05) is 0 Å². The molecule has 0 spiro atoms. The van der Waals surface area contributed by atoms with E-state index in [-0.39, 0.29) is 6.08 Å². The number of alkyl halides is 3. The highest BCUT2D eigenvalue weighted by molar-refractivity contribution is 6.43. The van der Waals surface area contributed by atoms with Crippen molar-refractivity contribution in [3.63, 3.8) is 0 Å². The molecule has 0 rings (SSSR count).